The molecule has 0 spiro atoms. The van der Waals surface area contributed by atoms with Gasteiger partial charge in [0.15, 0.2) is 0 Å². The highest BCUT2D eigenvalue weighted by molar-refractivity contribution is 6.46. The third-order valence-electron chi connectivity index (χ3n) is 5.23. The lowest BCUT2D eigenvalue weighted by molar-refractivity contribution is -0.140. The smallest absolute Gasteiger partial charge is 0.296 e. The number of methoxy groups -OCH3 is 2. The maximum absolute atomic E-state index is 13.0. The lowest BCUT2D eigenvalue weighted by atomic mass is 9.98. The number of furan rings is 1. The highest BCUT2D eigenvalue weighted by Crippen LogP contribution is 2.41. The molecule has 1 N–H and O–H groups in total. The molecule has 1 saturated heterocycles. The number of aliphatic hydroxyl groups is 1. The minimum atomic E-state index is -0.873. The van der Waals surface area contributed by atoms with E-state index in [9.17, 15) is 14.7 Å². The Morgan fingerprint density at radius 3 is 2.39 bits per heavy atom. The summed E-state index contributed by atoms with van der Waals surface area (Å²) in [7, 11) is 3.04. The van der Waals surface area contributed by atoms with E-state index in [4.69, 9.17) is 13.9 Å². The number of hydrogen-bond donors (Lipinski definition) is 1. The van der Waals surface area contributed by atoms with Crippen molar-refractivity contribution < 1.29 is 28.6 Å². The number of ketones is 1. The Kier molecular flexibility index (Phi) is 5.49. The number of benzene rings is 2. The van der Waals surface area contributed by atoms with Gasteiger partial charge in [-0.05, 0) is 42.0 Å². The van der Waals surface area contributed by atoms with Gasteiger partial charge in [-0.15, -0.1) is 0 Å². The van der Waals surface area contributed by atoms with Crippen molar-refractivity contribution in [3.05, 3.63) is 89.4 Å². The first-order valence-electron chi connectivity index (χ1n) is 9.63. The molecule has 0 saturated carbocycles. The summed E-state index contributed by atoms with van der Waals surface area (Å²) in [6.07, 6.45) is 1.46. The van der Waals surface area contributed by atoms with E-state index in [1.165, 1.54) is 18.3 Å². The largest absolute Gasteiger partial charge is 0.507 e. The quantitative estimate of drug-likeness (QED) is 0.370. The molecule has 3 aromatic rings. The average Bonchev–Trinajstić information content (AvgIpc) is 3.42. The van der Waals surface area contributed by atoms with Gasteiger partial charge in [0.1, 0.15) is 29.1 Å². The third kappa shape index (κ3) is 3.66. The van der Waals surface area contributed by atoms with Gasteiger partial charge in [-0.2, -0.15) is 0 Å². The predicted octanol–water partition coefficient (Wildman–Crippen LogP) is 3.92. The van der Waals surface area contributed by atoms with E-state index in [2.05, 4.69) is 0 Å². The molecule has 1 aliphatic heterocycles. The number of amides is 1. The van der Waals surface area contributed by atoms with Crippen LogP contribution in [0.5, 0.6) is 11.5 Å². The van der Waals surface area contributed by atoms with Crippen LogP contribution in [0.4, 0.5) is 0 Å². The fraction of sp³-hybridized carbons (Fsp3) is 0.167. The van der Waals surface area contributed by atoms with Crippen LogP contribution in [0.3, 0.4) is 0 Å². The summed E-state index contributed by atoms with van der Waals surface area (Å²) in [6, 6.07) is 16.4. The second-order valence-electron chi connectivity index (χ2n) is 6.99. The topological polar surface area (TPSA) is 89.2 Å². The van der Waals surface area contributed by atoms with Gasteiger partial charge in [-0.3, -0.25) is 9.59 Å². The van der Waals surface area contributed by atoms with Crippen LogP contribution in [-0.4, -0.2) is 35.9 Å². The molecule has 7 heteroatoms. The molecule has 1 aromatic heterocycles. The zero-order chi connectivity index (χ0) is 22.0. The summed E-state index contributed by atoms with van der Waals surface area (Å²) >= 11 is 0. The van der Waals surface area contributed by atoms with Crippen LogP contribution in [0.2, 0.25) is 0 Å². The second-order valence-corrected chi connectivity index (χ2v) is 6.99. The fourth-order valence-electron chi connectivity index (χ4n) is 3.70. The van der Waals surface area contributed by atoms with E-state index in [0.717, 1.165) is 5.56 Å². The molecule has 1 unspecified atom stereocenters. The van der Waals surface area contributed by atoms with E-state index in [0.29, 0.717) is 22.8 Å². The zero-order valence-corrected chi connectivity index (χ0v) is 17.1. The van der Waals surface area contributed by atoms with Gasteiger partial charge in [-0.1, -0.05) is 24.3 Å². The molecule has 1 amide bonds. The maximum Gasteiger partial charge on any atom is 0.296 e. The Labute approximate surface area is 179 Å². The minimum Gasteiger partial charge on any atom is -0.507 e. The van der Waals surface area contributed by atoms with Crippen molar-refractivity contribution in [3.63, 3.8) is 0 Å². The number of Topliss-reactive ketones (excluding diaryl/α,β-unsaturated/α-hetero) is 1. The lowest BCUT2D eigenvalue weighted by Crippen LogP contribution is -2.29. The average molecular weight is 419 g/mol. The number of para-hydroxylation sites is 1. The van der Waals surface area contributed by atoms with Gasteiger partial charge in [0.05, 0.1) is 31.6 Å². The normalized spacial score (nSPS) is 17.7. The van der Waals surface area contributed by atoms with Gasteiger partial charge in [0.2, 0.25) is 0 Å². The molecule has 158 valence electrons. The minimum absolute atomic E-state index is 0.0436. The molecule has 1 aliphatic rings. The van der Waals surface area contributed by atoms with Gasteiger partial charge in [0, 0.05) is 6.54 Å². The van der Waals surface area contributed by atoms with Crippen molar-refractivity contribution >= 4 is 17.4 Å². The van der Waals surface area contributed by atoms with Crippen LogP contribution in [0, 0.1) is 0 Å². The zero-order valence-electron chi connectivity index (χ0n) is 17.1. The van der Waals surface area contributed by atoms with E-state index in [1.807, 2.05) is 12.1 Å². The van der Waals surface area contributed by atoms with Crippen molar-refractivity contribution in [2.45, 2.75) is 12.6 Å². The molecule has 1 fully saturated rings. The number of carbonyl (C=O) groups is 2. The maximum atomic E-state index is 13.0. The number of ether oxygens (including phenoxy) is 2. The highest BCUT2D eigenvalue weighted by Gasteiger charge is 2.47. The summed E-state index contributed by atoms with van der Waals surface area (Å²) in [4.78, 5) is 27.4. The monoisotopic (exact) mass is 419 g/mol. The first-order chi connectivity index (χ1) is 15.0. The molecule has 0 bridgehead atoms. The van der Waals surface area contributed by atoms with Gasteiger partial charge < -0.3 is 23.9 Å². The molecule has 7 nitrogen and oxygen atoms in total. The summed E-state index contributed by atoms with van der Waals surface area (Å²) in [5, 5.41) is 11.1. The molecule has 0 aliphatic carbocycles. The van der Waals surface area contributed by atoms with Gasteiger partial charge >= 0.3 is 0 Å². The number of carbonyl (C=O) groups excluding carboxylic acids is 2. The second kappa shape index (κ2) is 8.39. The van der Waals surface area contributed by atoms with Gasteiger partial charge in [0.25, 0.3) is 11.7 Å². The van der Waals surface area contributed by atoms with Crippen molar-refractivity contribution in [1.82, 2.24) is 4.90 Å². The molecule has 2 aromatic carbocycles. The fourth-order valence-corrected chi connectivity index (χ4v) is 3.70. The Balaban J connectivity index is 1.81. The van der Waals surface area contributed by atoms with Gasteiger partial charge in [-0.25, -0.2) is 0 Å². The number of rotatable bonds is 6. The van der Waals surface area contributed by atoms with E-state index >= 15 is 0 Å². The molecule has 4 rings (SSSR count). The van der Waals surface area contributed by atoms with E-state index < -0.39 is 17.7 Å². The number of hydrogen-bond acceptors (Lipinski definition) is 6. The summed E-state index contributed by atoms with van der Waals surface area (Å²) in [5.41, 5.74) is 1.08. The molecule has 0 radical (unpaired) electrons. The Morgan fingerprint density at radius 1 is 1.00 bits per heavy atom. The van der Waals surface area contributed by atoms with Crippen LogP contribution >= 0.6 is 0 Å². The summed E-state index contributed by atoms with van der Waals surface area (Å²) < 4.78 is 16.0. The number of aliphatic hydroxyl groups excluding tert-OH is 1. The van der Waals surface area contributed by atoms with Crippen molar-refractivity contribution in [2.75, 3.05) is 14.2 Å². The molecule has 31 heavy (non-hydrogen) atoms. The van der Waals surface area contributed by atoms with Crippen LogP contribution in [0.15, 0.2) is 76.9 Å². The van der Waals surface area contributed by atoms with Crippen molar-refractivity contribution in [1.29, 1.82) is 0 Å². The molecule has 2 heterocycles. The Morgan fingerprint density at radius 2 is 1.74 bits per heavy atom. The molecule has 1 atom stereocenters. The highest BCUT2D eigenvalue weighted by atomic mass is 16.5. The van der Waals surface area contributed by atoms with Crippen LogP contribution in [0.1, 0.15) is 22.9 Å². The summed E-state index contributed by atoms with van der Waals surface area (Å²) in [6.45, 7) is 0.155. The Bertz CT molecular complexity index is 1130. The molecular formula is C24H21NO6. The third-order valence-corrected chi connectivity index (χ3v) is 5.23. The standard InChI is InChI=1S/C24H21NO6/c1-29-16-11-9-15(10-12-16)14-25-21(19-8-5-13-31-19)20(23(27)24(25)28)22(26)17-6-3-4-7-18(17)30-2/h3-13,21,26H,14H2,1-2H3/b22-20-. The van der Waals surface area contributed by atoms with E-state index in [1.54, 1.807) is 55.6 Å². The van der Waals surface area contributed by atoms with Crippen LogP contribution < -0.4 is 9.47 Å². The van der Waals surface area contributed by atoms with Crippen molar-refractivity contribution in [3.8, 4) is 11.5 Å². The predicted molar refractivity (Wildman–Crippen MR) is 113 cm³/mol. The van der Waals surface area contributed by atoms with Crippen molar-refractivity contribution in [2.24, 2.45) is 0 Å². The first kappa shape index (κ1) is 20.3. The first-order valence-corrected chi connectivity index (χ1v) is 9.63. The number of likely N-dealkylation sites (tertiary alicyclic amines) is 1. The summed E-state index contributed by atoms with van der Waals surface area (Å²) in [5.74, 6) is -0.352. The number of nitrogens with zero attached hydrogens (tertiary/aromatic N) is 1. The van der Waals surface area contributed by atoms with Crippen LogP contribution in [-0.2, 0) is 16.1 Å². The SMILES string of the molecule is COc1ccc(CN2C(=O)C(=O)/C(=C(\O)c3ccccc3OC)C2c2ccco2)cc1. The van der Waals surface area contributed by atoms with Crippen LogP contribution in [0.25, 0.3) is 5.76 Å². The van der Waals surface area contributed by atoms with E-state index in [-0.39, 0.29) is 17.9 Å². The Hall–Kier alpha value is -4.00. The molecular weight excluding hydrogens is 398 g/mol. The lowest BCUT2D eigenvalue weighted by Gasteiger charge is -2.23.